The van der Waals surface area contributed by atoms with Gasteiger partial charge in [-0.1, -0.05) is 23.8 Å². The zero-order chi connectivity index (χ0) is 18.0. The number of oxazole rings is 1. The van der Waals surface area contributed by atoms with Crippen molar-refractivity contribution in [1.29, 1.82) is 0 Å². The Bertz CT molecular complexity index is 946. The highest BCUT2D eigenvalue weighted by Gasteiger charge is 2.21. The SMILES string of the molecule is Cc1ccc(NC(=O)C(C)OC(=O)c2cccc3ocnc23)c(C)c1. The molecule has 0 radical (unpaired) electrons. The fraction of sp³-hybridized carbons (Fsp3) is 0.211. The molecular formula is C19H18N2O4. The van der Waals surface area contributed by atoms with Crippen molar-refractivity contribution in [2.24, 2.45) is 0 Å². The lowest BCUT2D eigenvalue weighted by Crippen LogP contribution is -2.30. The number of carbonyl (C=O) groups excluding carboxylic acids is 2. The van der Waals surface area contributed by atoms with Gasteiger partial charge in [-0.05, 0) is 44.5 Å². The first kappa shape index (κ1) is 16.7. The first-order valence-electron chi connectivity index (χ1n) is 7.87. The number of para-hydroxylation sites is 1. The summed E-state index contributed by atoms with van der Waals surface area (Å²) < 4.78 is 10.4. The first-order chi connectivity index (χ1) is 12.0. The Morgan fingerprint density at radius 1 is 1.20 bits per heavy atom. The second-order valence-corrected chi connectivity index (χ2v) is 5.86. The average Bonchev–Trinajstić information content (AvgIpc) is 3.05. The maximum atomic E-state index is 12.4. The van der Waals surface area contributed by atoms with E-state index in [1.165, 1.54) is 13.3 Å². The van der Waals surface area contributed by atoms with Crippen LogP contribution in [-0.4, -0.2) is 23.0 Å². The fourth-order valence-corrected chi connectivity index (χ4v) is 2.52. The summed E-state index contributed by atoms with van der Waals surface area (Å²) in [5.41, 5.74) is 3.90. The zero-order valence-electron chi connectivity index (χ0n) is 14.2. The number of anilines is 1. The van der Waals surface area contributed by atoms with Crippen LogP contribution in [0.5, 0.6) is 0 Å². The van der Waals surface area contributed by atoms with E-state index in [1.807, 2.05) is 32.0 Å². The van der Waals surface area contributed by atoms with Gasteiger partial charge in [-0.15, -0.1) is 0 Å². The lowest BCUT2D eigenvalue weighted by atomic mass is 10.1. The van der Waals surface area contributed by atoms with Crippen molar-refractivity contribution in [2.45, 2.75) is 26.9 Å². The van der Waals surface area contributed by atoms with E-state index in [4.69, 9.17) is 9.15 Å². The van der Waals surface area contributed by atoms with Crippen molar-refractivity contribution in [2.75, 3.05) is 5.32 Å². The number of carbonyl (C=O) groups is 2. The maximum Gasteiger partial charge on any atom is 0.341 e. The third-order valence-electron chi connectivity index (χ3n) is 3.87. The molecule has 0 aliphatic rings. The maximum absolute atomic E-state index is 12.4. The van der Waals surface area contributed by atoms with E-state index < -0.39 is 18.0 Å². The summed E-state index contributed by atoms with van der Waals surface area (Å²) in [5.74, 6) is -1.02. The number of hydrogen-bond donors (Lipinski definition) is 1. The summed E-state index contributed by atoms with van der Waals surface area (Å²) in [6, 6.07) is 10.7. The molecule has 3 aromatic rings. The normalized spacial score (nSPS) is 12.0. The molecule has 1 N–H and O–H groups in total. The largest absolute Gasteiger partial charge is 0.449 e. The molecule has 128 valence electrons. The predicted molar refractivity (Wildman–Crippen MR) is 93.4 cm³/mol. The summed E-state index contributed by atoms with van der Waals surface area (Å²) in [6.45, 7) is 5.41. The number of ether oxygens (including phenoxy) is 1. The van der Waals surface area contributed by atoms with Crippen LogP contribution in [0.15, 0.2) is 47.2 Å². The van der Waals surface area contributed by atoms with E-state index in [9.17, 15) is 9.59 Å². The molecule has 1 aromatic heterocycles. The van der Waals surface area contributed by atoms with Crippen LogP contribution in [0.4, 0.5) is 5.69 Å². The number of aryl methyl sites for hydroxylation is 2. The summed E-state index contributed by atoms with van der Waals surface area (Å²) in [4.78, 5) is 28.7. The van der Waals surface area contributed by atoms with E-state index >= 15 is 0 Å². The molecule has 1 amide bonds. The Hall–Kier alpha value is -3.15. The molecule has 1 heterocycles. The topological polar surface area (TPSA) is 81.4 Å². The average molecular weight is 338 g/mol. The Kier molecular flexibility index (Phi) is 4.52. The van der Waals surface area contributed by atoms with Crippen molar-refractivity contribution in [3.8, 4) is 0 Å². The molecule has 25 heavy (non-hydrogen) atoms. The number of nitrogens with one attached hydrogen (secondary N) is 1. The minimum Gasteiger partial charge on any atom is -0.449 e. The standard InChI is InChI=1S/C19H18N2O4/c1-11-7-8-15(12(2)9-11)21-18(22)13(3)25-19(23)14-5-4-6-16-17(14)20-10-24-16/h4-10,13H,1-3H3,(H,21,22). The molecule has 0 saturated carbocycles. The number of aromatic nitrogens is 1. The predicted octanol–water partition coefficient (Wildman–Crippen LogP) is 3.63. The second kappa shape index (κ2) is 6.76. The van der Waals surface area contributed by atoms with Gasteiger partial charge in [-0.25, -0.2) is 9.78 Å². The van der Waals surface area contributed by atoms with Crippen molar-refractivity contribution < 1.29 is 18.7 Å². The fourth-order valence-electron chi connectivity index (χ4n) is 2.52. The molecule has 0 aliphatic carbocycles. The number of hydrogen-bond acceptors (Lipinski definition) is 5. The van der Waals surface area contributed by atoms with Gasteiger partial charge >= 0.3 is 5.97 Å². The van der Waals surface area contributed by atoms with Gasteiger partial charge in [0.15, 0.2) is 18.1 Å². The molecule has 2 aromatic carbocycles. The van der Waals surface area contributed by atoms with Gasteiger partial charge in [0.2, 0.25) is 0 Å². The summed E-state index contributed by atoms with van der Waals surface area (Å²) in [6.07, 6.45) is 0.313. The highest BCUT2D eigenvalue weighted by Crippen LogP contribution is 2.19. The number of esters is 1. The number of rotatable bonds is 4. The van der Waals surface area contributed by atoms with Crippen molar-refractivity contribution >= 4 is 28.7 Å². The summed E-state index contributed by atoms with van der Waals surface area (Å²) in [7, 11) is 0. The minimum absolute atomic E-state index is 0.261. The van der Waals surface area contributed by atoms with E-state index in [0.29, 0.717) is 16.8 Å². The molecule has 0 spiro atoms. The molecule has 1 atom stereocenters. The summed E-state index contributed by atoms with van der Waals surface area (Å²) >= 11 is 0. The van der Waals surface area contributed by atoms with E-state index in [2.05, 4.69) is 10.3 Å². The zero-order valence-corrected chi connectivity index (χ0v) is 14.2. The Labute approximate surface area is 144 Å². The molecular weight excluding hydrogens is 320 g/mol. The number of amides is 1. The highest BCUT2D eigenvalue weighted by molar-refractivity contribution is 6.03. The van der Waals surface area contributed by atoms with Gasteiger partial charge in [-0.2, -0.15) is 0 Å². The molecule has 0 fully saturated rings. The van der Waals surface area contributed by atoms with Gasteiger partial charge in [-0.3, -0.25) is 4.79 Å². The van der Waals surface area contributed by atoms with Crippen LogP contribution < -0.4 is 5.32 Å². The molecule has 6 nitrogen and oxygen atoms in total. The van der Waals surface area contributed by atoms with Gasteiger partial charge in [0, 0.05) is 5.69 Å². The molecule has 0 bridgehead atoms. The van der Waals surface area contributed by atoms with E-state index in [-0.39, 0.29) is 5.56 Å². The van der Waals surface area contributed by atoms with Gasteiger partial charge in [0.05, 0.1) is 5.56 Å². The number of benzene rings is 2. The van der Waals surface area contributed by atoms with E-state index in [0.717, 1.165) is 11.1 Å². The molecule has 3 rings (SSSR count). The smallest absolute Gasteiger partial charge is 0.341 e. The summed E-state index contributed by atoms with van der Waals surface area (Å²) in [5, 5.41) is 2.78. The number of fused-ring (bicyclic) bond motifs is 1. The molecule has 6 heteroatoms. The Morgan fingerprint density at radius 3 is 2.76 bits per heavy atom. The molecule has 1 unspecified atom stereocenters. The van der Waals surface area contributed by atoms with Crippen molar-refractivity contribution in [3.63, 3.8) is 0 Å². The van der Waals surface area contributed by atoms with Crippen molar-refractivity contribution in [3.05, 3.63) is 59.5 Å². The third-order valence-corrected chi connectivity index (χ3v) is 3.87. The van der Waals surface area contributed by atoms with Crippen LogP contribution in [0, 0.1) is 13.8 Å². The molecule has 0 aliphatic heterocycles. The van der Waals surface area contributed by atoms with Crippen LogP contribution >= 0.6 is 0 Å². The quantitative estimate of drug-likeness (QED) is 0.735. The van der Waals surface area contributed by atoms with Crippen LogP contribution in [0.1, 0.15) is 28.4 Å². The number of nitrogens with zero attached hydrogens (tertiary/aromatic N) is 1. The van der Waals surface area contributed by atoms with Crippen LogP contribution in [0.2, 0.25) is 0 Å². The van der Waals surface area contributed by atoms with Crippen LogP contribution in [-0.2, 0) is 9.53 Å². The van der Waals surface area contributed by atoms with Crippen LogP contribution in [0.3, 0.4) is 0 Å². The monoisotopic (exact) mass is 338 g/mol. The lowest BCUT2D eigenvalue weighted by molar-refractivity contribution is -0.123. The molecule has 0 saturated heterocycles. The third kappa shape index (κ3) is 3.52. The second-order valence-electron chi connectivity index (χ2n) is 5.86. The van der Waals surface area contributed by atoms with Crippen LogP contribution in [0.25, 0.3) is 11.1 Å². The highest BCUT2D eigenvalue weighted by atomic mass is 16.5. The van der Waals surface area contributed by atoms with Gasteiger partial charge in [0.25, 0.3) is 5.91 Å². The van der Waals surface area contributed by atoms with Crippen molar-refractivity contribution in [1.82, 2.24) is 4.98 Å². The Balaban J connectivity index is 1.70. The van der Waals surface area contributed by atoms with Gasteiger partial charge in [0.1, 0.15) is 5.52 Å². The lowest BCUT2D eigenvalue weighted by Gasteiger charge is -2.15. The Morgan fingerprint density at radius 2 is 2.00 bits per heavy atom. The first-order valence-corrected chi connectivity index (χ1v) is 7.87. The van der Waals surface area contributed by atoms with Gasteiger partial charge < -0.3 is 14.5 Å². The van der Waals surface area contributed by atoms with E-state index in [1.54, 1.807) is 18.2 Å². The minimum atomic E-state index is -0.949.